The van der Waals surface area contributed by atoms with E-state index in [0.717, 1.165) is 38.9 Å². The second kappa shape index (κ2) is 4.74. The first-order chi connectivity index (χ1) is 7.68. The summed E-state index contributed by atoms with van der Waals surface area (Å²) in [5, 5.41) is 3.39. The Morgan fingerprint density at radius 3 is 2.69 bits per heavy atom. The van der Waals surface area contributed by atoms with E-state index in [0.29, 0.717) is 11.9 Å². The van der Waals surface area contributed by atoms with E-state index in [1.165, 1.54) is 12.8 Å². The first kappa shape index (κ1) is 11.9. The van der Waals surface area contributed by atoms with Crippen molar-refractivity contribution in [1.29, 1.82) is 0 Å². The number of hydrogen-bond donors (Lipinski definition) is 1. The molecular weight excluding hydrogens is 200 g/mol. The number of nitrogens with one attached hydrogen (secondary N) is 1. The summed E-state index contributed by atoms with van der Waals surface area (Å²) >= 11 is 0. The zero-order chi connectivity index (χ0) is 11.6. The van der Waals surface area contributed by atoms with Crippen LogP contribution in [-0.2, 0) is 4.79 Å². The van der Waals surface area contributed by atoms with E-state index in [1.807, 2.05) is 0 Å². The van der Waals surface area contributed by atoms with Crippen molar-refractivity contribution < 1.29 is 4.79 Å². The van der Waals surface area contributed by atoms with Gasteiger partial charge in [-0.05, 0) is 26.2 Å². The minimum Gasteiger partial charge on any atom is -0.339 e. The lowest BCUT2D eigenvalue weighted by molar-refractivity contribution is -0.143. The summed E-state index contributed by atoms with van der Waals surface area (Å²) in [7, 11) is 0. The maximum absolute atomic E-state index is 12.6. The molecule has 2 fully saturated rings. The molecule has 3 heteroatoms. The Morgan fingerprint density at radius 1 is 1.44 bits per heavy atom. The summed E-state index contributed by atoms with van der Waals surface area (Å²) in [5.74, 6) is 0.431. The number of piperazine rings is 1. The molecule has 16 heavy (non-hydrogen) atoms. The smallest absolute Gasteiger partial charge is 0.228 e. The highest BCUT2D eigenvalue weighted by Gasteiger charge is 2.42. The largest absolute Gasteiger partial charge is 0.339 e. The molecule has 2 rings (SSSR count). The molecular formula is C13H24N2O. The summed E-state index contributed by atoms with van der Waals surface area (Å²) < 4.78 is 0. The highest BCUT2D eigenvalue weighted by molar-refractivity contribution is 5.83. The van der Waals surface area contributed by atoms with Crippen LogP contribution in [0.3, 0.4) is 0 Å². The van der Waals surface area contributed by atoms with Crippen molar-refractivity contribution in [2.45, 2.75) is 52.0 Å². The van der Waals surface area contributed by atoms with E-state index in [2.05, 4.69) is 24.1 Å². The van der Waals surface area contributed by atoms with Crippen LogP contribution in [0.5, 0.6) is 0 Å². The van der Waals surface area contributed by atoms with Gasteiger partial charge in [0.2, 0.25) is 5.91 Å². The molecule has 1 aliphatic carbocycles. The van der Waals surface area contributed by atoms with E-state index in [4.69, 9.17) is 0 Å². The lowest BCUT2D eigenvalue weighted by atomic mass is 9.81. The monoisotopic (exact) mass is 224 g/mol. The Kier molecular flexibility index (Phi) is 3.53. The van der Waals surface area contributed by atoms with Crippen LogP contribution >= 0.6 is 0 Å². The normalized spacial score (nSPS) is 29.4. The topological polar surface area (TPSA) is 32.3 Å². The van der Waals surface area contributed by atoms with Crippen molar-refractivity contribution in [3.05, 3.63) is 0 Å². The highest BCUT2D eigenvalue weighted by atomic mass is 16.2. The Hall–Kier alpha value is -0.570. The molecule has 1 aliphatic heterocycles. The summed E-state index contributed by atoms with van der Waals surface area (Å²) in [6.07, 6.45) is 5.72. The zero-order valence-corrected chi connectivity index (χ0v) is 10.6. The molecule has 3 nitrogen and oxygen atoms in total. The number of amides is 1. The molecule has 1 unspecified atom stereocenters. The standard InChI is InChI=1S/C13H24N2O/c1-3-13(6-4-5-7-13)12(16)15-9-8-14-11(2)10-15/h11,14H,3-10H2,1-2H3. The maximum atomic E-state index is 12.6. The molecule has 1 heterocycles. The van der Waals surface area contributed by atoms with Gasteiger partial charge < -0.3 is 10.2 Å². The fraction of sp³-hybridized carbons (Fsp3) is 0.923. The predicted molar refractivity (Wildman–Crippen MR) is 65.2 cm³/mol. The molecule has 0 spiro atoms. The lowest BCUT2D eigenvalue weighted by Crippen LogP contribution is -2.54. The first-order valence-corrected chi connectivity index (χ1v) is 6.71. The average Bonchev–Trinajstić information content (AvgIpc) is 2.78. The van der Waals surface area contributed by atoms with E-state index in [-0.39, 0.29) is 5.41 Å². The van der Waals surface area contributed by atoms with Crippen LogP contribution in [0.2, 0.25) is 0 Å². The molecule has 0 bridgehead atoms. The molecule has 1 atom stereocenters. The molecule has 2 aliphatic rings. The predicted octanol–water partition coefficient (Wildman–Crippen LogP) is 1.78. The zero-order valence-electron chi connectivity index (χ0n) is 10.6. The average molecular weight is 224 g/mol. The summed E-state index contributed by atoms with van der Waals surface area (Å²) in [6.45, 7) is 7.07. The number of rotatable bonds is 2. The lowest BCUT2D eigenvalue weighted by Gasteiger charge is -2.38. The van der Waals surface area contributed by atoms with Gasteiger partial charge >= 0.3 is 0 Å². The van der Waals surface area contributed by atoms with Gasteiger partial charge in [0.05, 0.1) is 0 Å². The second-order valence-corrected chi connectivity index (χ2v) is 5.45. The van der Waals surface area contributed by atoms with Gasteiger partial charge in [-0.3, -0.25) is 4.79 Å². The minimum absolute atomic E-state index is 0.00292. The van der Waals surface area contributed by atoms with Crippen molar-refractivity contribution in [3.8, 4) is 0 Å². The molecule has 1 saturated heterocycles. The molecule has 0 aromatic rings. The third-order valence-corrected chi connectivity index (χ3v) is 4.35. The third kappa shape index (κ3) is 2.10. The van der Waals surface area contributed by atoms with Gasteiger partial charge in [-0.1, -0.05) is 19.8 Å². The quantitative estimate of drug-likeness (QED) is 0.775. The van der Waals surface area contributed by atoms with Crippen LogP contribution in [0.1, 0.15) is 46.0 Å². The van der Waals surface area contributed by atoms with Crippen molar-refractivity contribution >= 4 is 5.91 Å². The van der Waals surface area contributed by atoms with Crippen LogP contribution in [0.25, 0.3) is 0 Å². The van der Waals surface area contributed by atoms with Crippen LogP contribution in [0, 0.1) is 5.41 Å². The van der Waals surface area contributed by atoms with Crippen LogP contribution in [0.15, 0.2) is 0 Å². The van der Waals surface area contributed by atoms with Crippen molar-refractivity contribution in [2.75, 3.05) is 19.6 Å². The number of nitrogens with zero attached hydrogens (tertiary/aromatic N) is 1. The van der Waals surface area contributed by atoms with Crippen LogP contribution in [-0.4, -0.2) is 36.5 Å². The molecule has 0 aromatic carbocycles. The molecule has 1 N–H and O–H groups in total. The SMILES string of the molecule is CCC1(C(=O)N2CCNC(C)C2)CCCC1. The fourth-order valence-electron chi connectivity index (χ4n) is 3.22. The van der Waals surface area contributed by atoms with Crippen molar-refractivity contribution in [1.82, 2.24) is 10.2 Å². The van der Waals surface area contributed by atoms with Crippen molar-refractivity contribution in [3.63, 3.8) is 0 Å². The molecule has 92 valence electrons. The summed E-state index contributed by atoms with van der Waals surface area (Å²) in [6, 6.07) is 0.452. The molecule has 1 amide bonds. The molecule has 0 radical (unpaired) electrons. The van der Waals surface area contributed by atoms with E-state index < -0.39 is 0 Å². The molecule has 0 aromatic heterocycles. The van der Waals surface area contributed by atoms with E-state index in [9.17, 15) is 4.79 Å². The van der Waals surface area contributed by atoms with Crippen LogP contribution < -0.4 is 5.32 Å². The Balaban J connectivity index is 2.04. The number of carbonyl (C=O) groups is 1. The third-order valence-electron chi connectivity index (χ3n) is 4.35. The summed E-state index contributed by atoms with van der Waals surface area (Å²) in [5.41, 5.74) is -0.00292. The molecule has 1 saturated carbocycles. The van der Waals surface area contributed by atoms with Gasteiger partial charge in [-0.15, -0.1) is 0 Å². The Morgan fingerprint density at radius 2 is 2.12 bits per heavy atom. The van der Waals surface area contributed by atoms with Crippen LogP contribution in [0.4, 0.5) is 0 Å². The van der Waals surface area contributed by atoms with E-state index >= 15 is 0 Å². The van der Waals surface area contributed by atoms with E-state index in [1.54, 1.807) is 0 Å². The number of carbonyl (C=O) groups excluding carboxylic acids is 1. The van der Waals surface area contributed by atoms with Gasteiger partial charge in [0.25, 0.3) is 0 Å². The maximum Gasteiger partial charge on any atom is 0.228 e. The van der Waals surface area contributed by atoms with Gasteiger partial charge in [0.1, 0.15) is 0 Å². The van der Waals surface area contributed by atoms with Gasteiger partial charge in [0, 0.05) is 31.1 Å². The highest BCUT2D eigenvalue weighted by Crippen LogP contribution is 2.42. The van der Waals surface area contributed by atoms with Crippen molar-refractivity contribution in [2.24, 2.45) is 5.41 Å². The van der Waals surface area contributed by atoms with Gasteiger partial charge in [-0.2, -0.15) is 0 Å². The first-order valence-electron chi connectivity index (χ1n) is 6.71. The fourth-order valence-corrected chi connectivity index (χ4v) is 3.22. The second-order valence-electron chi connectivity index (χ2n) is 5.45. The minimum atomic E-state index is -0.00292. The Labute approximate surface area is 98.6 Å². The van der Waals surface area contributed by atoms with Gasteiger partial charge in [-0.25, -0.2) is 0 Å². The Bertz CT molecular complexity index is 259. The number of hydrogen-bond acceptors (Lipinski definition) is 2. The summed E-state index contributed by atoms with van der Waals surface area (Å²) in [4.78, 5) is 14.7. The van der Waals surface area contributed by atoms with Gasteiger partial charge in [0.15, 0.2) is 0 Å².